The number of nitrogens with zero attached hydrogens (tertiary/aromatic N) is 1. The molecule has 0 aliphatic heterocycles. The molecule has 7 nitrogen and oxygen atoms in total. The van der Waals surface area contributed by atoms with E-state index in [4.69, 9.17) is 23.2 Å². The first-order valence-electron chi connectivity index (χ1n) is 7.36. The number of hydrogen-bond acceptors (Lipinski definition) is 5. The van der Waals surface area contributed by atoms with Gasteiger partial charge in [-0.25, -0.2) is 5.43 Å². The Bertz CT molecular complexity index is 884. The van der Waals surface area contributed by atoms with E-state index in [1.165, 1.54) is 18.2 Å². The van der Waals surface area contributed by atoms with Crippen LogP contribution in [0.1, 0.15) is 23.7 Å². The molecule has 0 aliphatic rings. The maximum Gasteiger partial charge on any atom is 0.275 e. The van der Waals surface area contributed by atoms with Crippen LogP contribution >= 0.6 is 23.2 Å². The summed E-state index contributed by atoms with van der Waals surface area (Å²) in [7, 11) is 0. The first-order chi connectivity index (χ1) is 12.3. The molecule has 0 atom stereocenters. The van der Waals surface area contributed by atoms with Crippen molar-refractivity contribution in [2.24, 2.45) is 5.10 Å². The lowest BCUT2D eigenvalue weighted by molar-refractivity contribution is -0.115. The second-order valence-electron chi connectivity index (χ2n) is 5.34. The van der Waals surface area contributed by atoms with Crippen LogP contribution in [-0.4, -0.2) is 27.7 Å². The minimum atomic E-state index is -0.674. The van der Waals surface area contributed by atoms with Gasteiger partial charge in [-0.3, -0.25) is 9.59 Å². The van der Waals surface area contributed by atoms with Crippen molar-refractivity contribution in [2.45, 2.75) is 13.3 Å². The molecular weight excluding hydrogens is 381 g/mol. The summed E-state index contributed by atoms with van der Waals surface area (Å²) in [6, 6.07) is 8.23. The lowest BCUT2D eigenvalue weighted by Gasteiger charge is -2.07. The second kappa shape index (κ2) is 8.55. The number of hydrogen-bond donors (Lipinski definition) is 4. The second-order valence-corrected chi connectivity index (χ2v) is 6.16. The Hall–Kier alpha value is -2.77. The number of amides is 2. The fraction of sp³-hybridized carbons (Fsp3) is 0.118. The van der Waals surface area contributed by atoms with E-state index < -0.39 is 5.91 Å². The Balaban J connectivity index is 1.93. The number of carbonyl (C=O) groups is 2. The SMILES string of the molecule is C/C(CC(=O)Nc1ccc(Cl)c(Cl)c1)=N\NC(=O)c1ccc(O)cc1O. The topological polar surface area (TPSA) is 111 Å². The molecule has 2 aromatic rings. The van der Waals surface area contributed by atoms with Gasteiger partial charge in [-0.2, -0.15) is 5.10 Å². The van der Waals surface area contributed by atoms with Crippen molar-refractivity contribution in [1.29, 1.82) is 0 Å². The van der Waals surface area contributed by atoms with E-state index in [2.05, 4.69) is 15.8 Å². The highest BCUT2D eigenvalue weighted by molar-refractivity contribution is 6.42. The molecule has 0 unspecified atom stereocenters. The summed E-state index contributed by atoms with van der Waals surface area (Å²) in [6.07, 6.45) is -0.0674. The molecule has 0 spiro atoms. The highest BCUT2D eigenvalue weighted by atomic mass is 35.5. The Morgan fingerprint density at radius 1 is 1.08 bits per heavy atom. The number of benzene rings is 2. The molecule has 0 bridgehead atoms. The van der Waals surface area contributed by atoms with Gasteiger partial charge in [-0.1, -0.05) is 23.2 Å². The number of aromatic hydroxyl groups is 2. The Kier molecular flexibility index (Phi) is 6.43. The zero-order valence-corrected chi connectivity index (χ0v) is 15.1. The van der Waals surface area contributed by atoms with Gasteiger partial charge in [0, 0.05) is 17.5 Å². The van der Waals surface area contributed by atoms with E-state index in [0.29, 0.717) is 21.4 Å². The minimum absolute atomic E-state index is 0.0559. The molecule has 0 saturated heterocycles. The van der Waals surface area contributed by atoms with Crippen LogP contribution < -0.4 is 10.7 Å². The molecular formula is C17H15Cl2N3O4. The fourth-order valence-corrected chi connectivity index (χ4v) is 2.27. The summed E-state index contributed by atoms with van der Waals surface area (Å²) < 4.78 is 0. The standard InChI is InChI=1S/C17H15Cl2N3O4/c1-9(6-16(25)20-10-2-5-13(18)14(19)7-10)21-22-17(26)12-4-3-11(23)8-15(12)24/h2-5,7-8,23-24H,6H2,1H3,(H,20,25)(H,22,26)/b21-9+. The average molecular weight is 396 g/mol. The van der Waals surface area contributed by atoms with E-state index >= 15 is 0 Å². The summed E-state index contributed by atoms with van der Waals surface area (Å²) in [6.45, 7) is 1.56. The monoisotopic (exact) mass is 395 g/mol. The average Bonchev–Trinajstić information content (AvgIpc) is 2.56. The number of halogens is 2. The van der Waals surface area contributed by atoms with Crippen LogP contribution in [0.2, 0.25) is 10.0 Å². The van der Waals surface area contributed by atoms with Crippen molar-refractivity contribution in [2.75, 3.05) is 5.32 Å². The number of nitrogens with one attached hydrogen (secondary N) is 2. The van der Waals surface area contributed by atoms with Gasteiger partial charge in [0.25, 0.3) is 5.91 Å². The van der Waals surface area contributed by atoms with E-state index in [1.54, 1.807) is 19.1 Å². The third kappa shape index (κ3) is 5.37. The quantitative estimate of drug-likeness (QED) is 0.458. The predicted octanol–water partition coefficient (Wildman–Crippen LogP) is 3.54. The molecule has 9 heteroatoms. The summed E-state index contributed by atoms with van der Waals surface area (Å²) in [5.74, 6) is -1.58. The van der Waals surface area contributed by atoms with Gasteiger partial charge in [0.1, 0.15) is 11.5 Å². The third-order valence-electron chi connectivity index (χ3n) is 3.19. The highest BCUT2D eigenvalue weighted by Gasteiger charge is 2.12. The molecule has 0 saturated carbocycles. The predicted molar refractivity (Wildman–Crippen MR) is 100 cm³/mol. The zero-order valence-electron chi connectivity index (χ0n) is 13.6. The molecule has 0 fully saturated rings. The minimum Gasteiger partial charge on any atom is -0.508 e. The Morgan fingerprint density at radius 2 is 1.81 bits per heavy atom. The summed E-state index contributed by atoms with van der Waals surface area (Å²) >= 11 is 11.7. The van der Waals surface area contributed by atoms with Crippen molar-refractivity contribution in [3.05, 3.63) is 52.0 Å². The van der Waals surface area contributed by atoms with E-state index in [9.17, 15) is 19.8 Å². The number of phenols is 2. The summed E-state index contributed by atoms with van der Waals surface area (Å²) in [5.41, 5.74) is 3.00. The van der Waals surface area contributed by atoms with E-state index in [-0.39, 0.29) is 29.4 Å². The Morgan fingerprint density at radius 3 is 2.46 bits per heavy atom. The van der Waals surface area contributed by atoms with Crippen LogP contribution in [0.4, 0.5) is 5.69 Å². The normalized spacial score (nSPS) is 11.1. The molecule has 2 rings (SSSR count). The van der Waals surface area contributed by atoms with Crippen molar-refractivity contribution < 1.29 is 19.8 Å². The van der Waals surface area contributed by atoms with Crippen molar-refractivity contribution in [1.82, 2.24) is 5.43 Å². The van der Waals surface area contributed by atoms with Crippen LogP contribution in [0.25, 0.3) is 0 Å². The van der Waals surface area contributed by atoms with Crippen LogP contribution in [0.3, 0.4) is 0 Å². The van der Waals surface area contributed by atoms with Crippen molar-refractivity contribution >= 4 is 46.4 Å². The van der Waals surface area contributed by atoms with Crippen LogP contribution in [0, 0.1) is 0 Å². The highest BCUT2D eigenvalue weighted by Crippen LogP contribution is 2.25. The van der Waals surface area contributed by atoms with Gasteiger partial charge in [-0.05, 0) is 37.3 Å². The van der Waals surface area contributed by atoms with Gasteiger partial charge >= 0.3 is 0 Å². The van der Waals surface area contributed by atoms with Gasteiger partial charge in [0.05, 0.1) is 22.0 Å². The molecule has 0 heterocycles. The number of carbonyl (C=O) groups excluding carboxylic acids is 2. The maximum absolute atomic E-state index is 12.0. The molecule has 26 heavy (non-hydrogen) atoms. The van der Waals surface area contributed by atoms with Gasteiger partial charge in [0.2, 0.25) is 5.91 Å². The lowest BCUT2D eigenvalue weighted by atomic mass is 10.2. The number of phenolic OH excluding ortho intramolecular Hbond substituents is 2. The molecule has 0 aromatic heterocycles. The van der Waals surface area contributed by atoms with E-state index in [0.717, 1.165) is 6.07 Å². The van der Waals surface area contributed by atoms with Gasteiger partial charge in [-0.15, -0.1) is 0 Å². The van der Waals surface area contributed by atoms with Gasteiger partial charge in [0.15, 0.2) is 0 Å². The summed E-state index contributed by atoms with van der Waals surface area (Å²) in [5, 5.41) is 26.0. The molecule has 136 valence electrons. The number of anilines is 1. The Labute approximate surface area is 159 Å². The van der Waals surface area contributed by atoms with Crippen LogP contribution in [-0.2, 0) is 4.79 Å². The van der Waals surface area contributed by atoms with Gasteiger partial charge < -0.3 is 15.5 Å². The molecule has 0 radical (unpaired) electrons. The molecule has 4 N–H and O–H groups in total. The van der Waals surface area contributed by atoms with Crippen molar-refractivity contribution in [3.8, 4) is 11.5 Å². The summed E-state index contributed by atoms with van der Waals surface area (Å²) in [4.78, 5) is 23.9. The van der Waals surface area contributed by atoms with E-state index in [1.807, 2.05) is 0 Å². The number of hydrazone groups is 1. The first-order valence-corrected chi connectivity index (χ1v) is 8.12. The largest absolute Gasteiger partial charge is 0.508 e. The smallest absolute Gasteiger partial charge is 0.275 e. The maximum atomic E-state index is 12.0. The molecule has 2 aromatic carbocycles. The van der Waals surface area contributed by atoms with Crippen molar-refractivity contribution in [3.63, 3.8) is 0 Å². The first kappa shape index (κ1) is 19.6. The fourth-order valence-electron chi connectivity index (χ4n) is 1.97. The third-order valence-corrected chi connectivity index (χ3v) is 3.93. The van der Waals surface area contributed by atoms with Crippen LogP contribution in [0.5, 0.6) is 11.5 Å². The molecule has 0 aliphatic carbocycles. The zero-order chi connectivity index (χ0) is 19.3. The lowest BCUT2D eigenvalue weighted by Crippen LogP contribution is -2.21. The molecule has 2 amide bonds. The number of rotatable bonds is 5. The van der Waals surface area contributed by atoms with Crippen LogP contribution in [0.15, 0.2) is 41.5 Å².